The number of phosphoric ester groups is 1. The Morgan fingerprint density at radius 2 is 1.62 bits per heavy atom. The largest absolute Gasteiger partial charge is 0.480 e. The molecule has 1 aromatic heterocycles. The molecule has 218 valence electrons. The summed E-state index contributed by atoms with van der Waals surface area (Å²) in [5, 5.41) is 21.5. The zero-order valence-electron chi connectivity index (χ0n) is 22.4. The van der Waals surface area contributed by atoms with Gasteiger partial charge in [-0.1, -0.05) is 5.92 Å². The number of aliphatic hydroxyl groups is 2. The molecule has 0 aliphatic carbocycles. The van der Waals surface area contributed by atoms with Gasteiger partial charge in [-0.05, 0) is 41.5 Å². The summed E-state index contributed by atoms with van der Waals surface area (Å²) >= 11 is 0. The summed E-state index contributed by atoms with van der Waals surface area (Å²) in [7, 11) is -4.67. The van der Waals surface area contributed by atoms with Crippen LogP contribution in [0.4, 0.5) is 0 Å². The molecule has 1 aliphatic rings. The number of aromatic nitrogens is 2. The highest BCUT2D eigenvalue weighted by Gasteiger charge is 2.56. The van der Waals surface area contributed by atoms with Gasteiger partial charge in [-0.3, -0.25) is 28.5 Å². The molecule has 0 amide bonds. The van der Waals surface area contributed by atoms with Crippen molar-refractivity contribution in [2.24, 2.45) is 10.8 Å². The van der Waals surface area contributed by atoms with Crippen molar-refractivity contribution in [3.05, 3.63) is 33.1 Å². The van der Waals surface area contributed by atoms with Gasteiger partial charge in [0, 0.05) is 12.3 Å². The zero-order chi connectivity index (χ0) is 29.8. The summed E-state index contributed by atoms with van der Waals surface area (Å²) < 4.78 is 44.6. The highest BCUT2D eigenvalue weighted by molar-refractivity contribution is 7.48. The third-order valence-electron chi connectivity index (χ3n) is 5.24. The van der Waals surface area contributed by atoms with Gasteiger partial charge < -0.3 is 24.4 Å². The number of hydrogen-bond acceptors (Lipinski definition) is 13. The number of rotatable bonds is 10. The Hall–Kier alpha value is -2.83. The van der Waals surface area contributed by atoms with Crippen molar-refractivity contribution in [1.29, 1.82) is 0 Å². The van der Waals surface area contributed by atoms with E-state index in [1.165, 1.54) is 0 Å². The predicted molar refractivity (Wildman–Crippen MR) is 132 cm³/mol. The number of carbonyl (C=O) groups is 2. The average molecular weight is 576 g/mol. The van der Waals surface area contributed by atoms with Gasteiger partial charge in [0.1, 0.15) is 12.2 Å². The van der Waals surface area contributed by atoms with Crippen molar-refractivity contribution < 1.29 is 52.1 Å². The maximum Gasteiger partial charge on any atom is 0.480 e. The average Bonchev–Trinajstić information content (AvgIpc) is 3.07. The molecule has 0 aromatic carbocycles. The minimum absolute atomic E-state index is 0.698. The molecular weight excluding hydrogens is 543 g/mol. The molecule has 15 nitrogen and oxygen atoms in total. The number of nitrogens with one attached hydrogen (secondary N) is 1. The van der Waals surface area contributed by atoms with Crippen molar-refractivity contribution in [3.8, 4) is 12.3 Å². The summed E-state index contributed by atoms with van der Waals surface area (Å²) in [6.07, 6.45) is 1.31. The number of nitrogens with zero attached hydrogens (tertiary/aromatic N) is 1. The first-order valence-electron chi connectivity index (χ1n) is 11.6. The molecular formula is C23H33N2O13P. The molecule has 3 unspecified atom stereocenters. The lowest BCUT2D eigenvalue weighted by Gasteiger charge is -2.26. The number of carbonyl (C=O) groups excluding carboxylic acids is 2. The SMILES string of the molecule is C#CC1(O)C(n2ccc(=O)[nH]c2=O)OC(COP(=O)(OCOC(=O)C(C)(C)C)OCOC(=O)C(C)(C)C)[C@@H]1O. The molecule has 1 aliphatic heterocycles. The fraction of sp³-hybridized carbons (Fsp3) is 0.652. The Labute approximate surface area is 223 Å². The van der Waals surface area contributed by atoms with Gasteiger partial charge in [0.25, 0.3) is 5.56 Å². The van der Waals surface area contributed by atoms with Gasteiger partial charge in [0.05, 0.1) is 17.4 Å². The van der Waals surface area contributed by atoms with Crippen LogP contribution in [0.1, 0.15) is 47.8 Å². The first-order chi connectivity index (χ1) is 17.8. The normalized spacial score (nSPS) is 23.7. The molecule has 2 rings (SSSR count). The van der Waals surface area contributed by atoms with Crippen LogP contribution in [0.5, 0.6) is 0 Å². The number of esters is 2. The van der Waals surface area contributed by atoms with Crippen molar-refractivity contribution >= 4 is 19.8 Å². The van der Waals surface area contributed by atoms with Crippen LogP contribution in [0.25, 0.3) is 0 Å². The van der Waals surface area contributed by atoms with E-state index in [1.54, 1.807) is 41.5 Å². The lowest BCUT2D eigenvalue weighted by Crippen LogP contribution is -2.48. The maximum absolute atomic E-state index is 13.2. The van der Waals surface area contributed by atoms with Crippen molar-refractivity contribution in [1.82, 2.24) is 9.55 Å². The zero-order valence-corrected chi connectivity index (χ0v) is 23.3. The molecule has 0 saturated carbocycles. The molecule has 39 heavy (non-hydrogen) atoms. The highest BCUT2D eigenvalue weighted by Crippen LogP contribution is 2.50. The quantitative estimate of drug-likeness (QED) is 0.150. The molecule has 2 heterocycles. The van der Waals surface area contributed by atoms with Crippen LogP contribution in [0.15, 0.2) is 21.9 Å². The fourth-order valence-electron chi connectivity index (χ4n) is 2.95. The van der Waals surface area contributed by atoms with Gasteiger partial charge >= 0.3 is 25.5 Å². The van der Waals surface area contributed by atoms with E-state index in [4.69, 9.17) is 34.2 Å². The number of ether oxygens (including phenoxy) is 3. The van der Waals surface area contributed by atoms with E-state index in [-0.39, 0.29) is 0 Å². The second-order valence-corrected chi connectivity index (χ2v) is 12.2. The summed E-state index contributed by atoms with van der Waals surface area (Å²) in [4.78, 5) is 49.6. The van der Waals surface area contributed by atoms with E-state index in [0.29, 0.717) is 0 Å². The molecule has 3 N–H and O–H groups in total. The van der Waals surface area contributed by atoms with Gasteiger partial charge in [-0.15, -0.1) is 6.42 Å². The van der Waals surface area contributed by atoms with E-state index in [2.05, 4.69) is 0 Å². The second kappa shape index (κ2) is 12.1. The lowest BCUT2D eigenvalue weighted by atomic mass is 9.95. The van der Waals surface area contributed by atoms with Gasteiger partial charge in [-0.2, -0.15) is 0 Å². The number of aromatic amines is 1. The third kappa shape index (κ3) is 8.09. The molecule has 1 saturated heterocycles. The first kappa shape index (κ1) is 32.4. The maximum atomic E-state index is 13.2. The summed E-state index contributed by atoms with van der Waals surface area (Å²) in [5.74, 6) is 0.560. The Kier molecular flexibility index (Phi) is 10.1. The van der Waals surface area contributed by atoms with Gasteiger partial charge in [-0.25, -0.2) is 18.4 Å². The highest BCUT2D eigenvalue weighted by atomic mass is 31.2. The Balaban J connectivity index is 2.19. The van der Waals surface area contributed by atoms with Crippen LogP contribution < -0.4 is 11.2 Å². The number of H-pyrrole nitrogens is 1. The van der Waals surface area contributed by atoms with Crippen LogP contribution >= 0.6 is 7.82 Å². The van der Waals surface area contributed by atoms with E-state index in [1.807, 2.05) is 10.9 Å². The first-order valence-corrected chi connectivity index (χ1v) is 13.0. The van der Waals surface area contributed by atoms with Crippen molar-refractivity contribution in [2.75, 3.05) is 20.2 Å². The Morgan fingerprint density at radius 3 is 2.05 bits per heavy atom. The summed E-state index contributed by atoms with van der Waals surface area (Å²) in [5.41, 5.74) is -6.02. The summed E-state index contributed by atoms with van der Waals surface area (Å²) in [6.45, 7) is 6.89. The number of aliphatic hydroxyl groups excluding tert-OH is 1. The predicted octanol–water partition coefficient (Wildman–Crippen LogP) is 0.411. The molecule has 0 bridgehead atoms. The fourth-order valence-corrected chi connectivity index (χ4v) is 3.87. The number of terminal acetylenes is 1. The summed E-state index contributed by atoms with van der Waals surface area (Å²) in [6, 6.07) is 0.964. The molecule has 4 atom stereocenters. The van der Waals surface area contributed by atoms with E-state index in [9.17, 15) is 34.0 Å². The van der Waals surface area contributed by atoms with Crippen LogP contribution in [-0.2, 0) is 41.9 Å². The van der Waals surface area contributed by atoms with Crippen molar-refractivity contribution in [3.63, 3.8) is 0 Å². The third-order valence-corrected chi connectivity index (χ3v) is 6.55. The molecule has 0 radical (unpaired) electrons. The van der Waals surface area contributed by atoms with E-state index in [0.717, 1.165) is 16.8 Å². The lowest BCUT2D eigenvalue weighted by molar-refractivity contribution is -0.163. The van der Waals surface area contributed by atoms with Crippen LogP contribution in [0.3, 0.4) is 0 Å². The Morgan fingerprint density at radius 1 is 1.10 bits per heavy atom. The monoisotopic (exact) mass is 576 g/mol. The van der Waals surface area contributed by atoms with E-state index < -0.39 is 86.1 Å². The molecule has 1 fully saturated rings. The van der Waals surface area contributed by atoms with Gasteiger partial charge in [0.15, 0.2) is 11.8 Å². The van der Waals surface area contributed by atoms with Crippen LogP contribution in [-0.4, -0.2) is 69.7 Å². The van der Waals surface area contributed by atoms with Crippen molar-refractivity contribution in [2.45, 2.75) is 65.6 Å². The molecule has 0 spiro atoms. The number of phosphoric acid groups is 1. The second-order valence-electron chi connectivity index (χ2n) is 10.6. The van der Waals surface area contributed by atoms with E-state index >= 15 is 0 Å². The molecule has 16 heteroatoms. The molecule has 1 aromatic rings. The van der Waals surface area contributed by atoms with Crippen LogP contribution in [0, 0.1) is 23.2 Å². The standard InChI is InChI=1S/C23H33N2O13P/c1-8-23(31)16(27)14(38-17(23)25-10-9-15(26)24-20(25)30)11-35-39(32,36-12-33-18(28)21(2,3)4)37-13-34-19(29)22(5,6)7/h1,9-10,14,16-17,27,31H,11-13H2,2-7H3,(H,24,26,30)/t14?,16-,17?,23?/m0/s1. The van der Waals surface area contributed by atoms with Crippen LogP contribution in [0.2, 0.25) is 0 Å². The topological polar surface area (TPSA) is 202 Å². The minimum atomic E-state index is -4.67. The Bertz CT molecular complexity index is 1220. The minimum Gasteiger partial charge on any atom is -0.437 e. The van der Waals surface area contributed by atoms with Gasteiger partial charge in [0.2, 0.25) is 13.6 Å². The smallest absolute Gasteiger partial charge is 0.437 e. The number of hydrogen-bond donors (Lipinski definition) is 3.